The third kappa shape index (κ3) is 5.05. The number of aliphatic hydroxyl groups excluding tert-OH is 1. The van der Waals surface area contributed by atoms with Gasteiger partial charge in [-0.15, -0.1) is 0 Å². The summed E-state index contributed by atoms with van der Waals surface area (Å²) in [6.45, 7) is 6.94. The Morgan fingerprint density at radius 1 is 1.21 bits per heavy atom. The van der Waals surface area contributed by atoms with Crippen LogP contribution in [0.4, 0.5) is 0 Å². The molecule has 0 aromatic carbocycles. The molecular formula is C18H33N3O3. The van der Waals surface area contributed by atoms with E-state index >= 15 is 0 Å². The molecule has 6 heteroatoms. The molecule has 0 bridgehead atoms. The normalized spacial score (nSPS) is 17.9. The number of imide groups is 1. The highest BCUT2D eigenvalue weighted by atomic mass is 16.3. The van der Waals surface area contributed by atoms with Gasteiger partial charge < -0.3 is 10.8 Å². The summed E-state index contributed by atoms with van der Waals surface area (Å²) in [4.78, 5) is 26.7. The van der Waals surface area contributed by atoms with Crippen molar-refractivity contribution in [2.24, 2.45) is 11.1 Å². The Hall–Kier alpha value is -1.40. The third-order valence-electron chi connectivity index (χ3n) is 5.26. The van der Waals surface area contributed by atoms with Crippen LogP contribution in [0, 0.1) is 5.41 Å². The molecule has 1 rings (SSSR count). The van der Waals surface area contributed by atoms with E-state index in [1.54, 1.807) is 13.8 Å². The first-order chi connectivity index (χ1) is 11.0. The van der Waals surface area contributed by atoms with Gasteiger partial charge >= 0.3 is 0 Å². The minimum Gasteiger partial charge on any atom is -0.401 e. The molecule has 0 atom stereocenters. The molecular weight excluding hydrogens is 306 g/mol. The van der Waals surface area contributed by atoms with E-state index < -0.39 is 16.9 Å². The van der Waals surface area contributed by atoms with E-state index in [0.29, 0.717) is 6.04 Å². The van der Waals surface area contributed by atoms with Crippen LogP contribution in [-0.2, 0) is 9.59 Å². The van der Waals surface area contributed by atoms with Gasteiger partial charge in [-0.05, 0) is 33.7 Å². The monoisotopic (exact) mass is 339 g/mol. The van der Waals surface area contributed by atoms with E-state index in [2.05, 4.69) is 10.2 Å². The van der Waals surface area contributed by atoms with Crippen molar-refractivity contribution in [3.63, 3.8) is 0 Å². The van der Waals surface area contributed by atoms with Gasteiger partial charge in [-0.25, -0.2) is 0 Å². The Morgan fingerprint density at radius 3 is 2.25 bits per heavy atom. The molecule has 0 aromatic rings. The average molecular weight is 339 g/mol. The first kappa shape index (κ1) is 20.6. The zero-order chi connectivity index (χ0) is 18.5. The molecule has 24 heavy (non-hydrogen) atoms. The second-order valence-electron chi connectivity index (χ2n) is 7.92. The first-order valence-electron chi connectivity index (χ1n) is 8.69. The van der Waals surface area contributed by atoms with Crippen LogP contribution in [0.5, 0.6) is 0 Å². The van der Waals surface area contributed by atoms with E-state index in [0.717, 1.165) is 12.8 Å². The summed E-state index contributed by atoms with van der Waals surface area (Å²) < 4.78 is 0. The Bertz CT molecular complexity index is 492. The Morgan fingerprint density at radius 2 is 1.75 bits per heavy atom. The summed E-state index contributed by atoms with van der Waals surface area (Å²) in [6, 6.07) is 0.364. The molecule has 2 amide bonds. The van der Waals surface area contributed by atoms with Gasteiger partial charge in [0.05, 0.1) is 12.1 Å². The lowest BCUT2D eigenvalue weighted by Crippen LogP contribution is -2.57. The second kappa shape index (κ2) is 8.12. The topological polar surface area (TPSA) is 95.7 Å². The van der Waals surface area contributed by atoms with Crippen LogP contribution in [0.25, 0.3) is 0 Å². The minimum atomic E-state index is -0.785. The smallest absolute Gasteiger partial charge is 0.252 e. The highest BCUT2D eigenvalue weighted by Crippen LogP contribution is 2.27. The molecule has 6 nitrogen and oxygen atoms in total. The predicted molar refractivity (Wildman–Crippen MR) is 95.0 cm³/mol. The van der Waals surface area contributed by atoms with Crippen molar-refractivity contribution in [2.75, 3.05) is 13.7 Å². The molecule has 4 N–H and O–H groups in total. The van der Waals surface area contributed by atoms with Gasteiger partial charge in [0.2, 0.25) is 5.91 Å². The molecule has 0 aromatic heterocycles. The zero-order valence-electron chi connectivity index (χ0n) is 15.7. The summed E-state index contributed by atoms with van der Waals surface area (Å²) in [5.74, 6) is -0.893. The highest BCUT2D eigenvalue weighted by molar-refractivity contribution is 6.04. The summed E-state index contributed by atoms with van der Waals surface area (Å²) in [6.07, 6.45) is 6.96. The lowest BCUT2D eigenvalue weighted by atomic mass is 9.90. The van der Waals surface area contributed by atoms with Gasteiger partial charge in [0.1, 0.15) is 0 Å². The fourth-order valence-corrected chi connectivity index (χ4v) is 2.81. The molecule has 0 unspecified atom stereocenters. The number of rotatable bonds is 6. The summed E-state index contributed by atoms with van der Waals surface area (Å²) in [5.41, 5.74) is 4.60. The van der Waals surface area contributed by atoms with E-state index in [1.807, 2.05) is 20.9 Å². The maximum absolute atomic E-state index is 12.6. The molecule has 0 saturated heterocycles. The summed E-state index contributed by atoms with van der Waals surface area (Å²) in [5, 5.41) is 11.7. The lowest BCUT2D eigenvalue weighted by molar-refractivity contribution is -0.136. The van der Waals surface area contributed by atoms with Gasteiger partial charge in [0.25, 0.3) is 5.91 Å². The number of nitrogens with two attached hydrogens (primary N) is 1. The number of hydrogen-bond acceptors (Lipinski definition) is 5. The van der Waals surface area contributed by atoms with Gasteiger partial charge in [-0.2, -0.15) is 0 Å². The van der Waals surface area contributed by atoms with Crippen LogP contribution in [0.3, 0.4) is 0 Å². The number of hydrogen-bond donors (Lipinski definition) is 3. The number of likely N-dealkylation sites (N-methyl/N-ethyl adjacent to an activating group) is 1. The fourth-order valence-electron chi connectivity index (χ4n) is 2.81. The van der Waals surface area contributed by atoms with Crippen molar-refractivity contribution in [1.29, 1.82) is 0 Å². The largest absolute Gasteiger partial charge is 0.401 e. The summed E-state index contributed by atoms with van der Waals surface area (Å²) in [7, 11) is 1.94. The van der Waals surface area contributed by atoms with Crippen molar-refractivity contribution >= 4 is 11.8 Å². The molecule has 0 heterocycles. The zero-order valence-corrected chi connectivity index (χ0v) is 15.7. The van der Waals surface area contributed by atoms with Crippen molar-refractivity contribution in [3.8, 4) is 0 Å². The third-order valence-corrected chi connectivity index (χ3v) is 5.26. The van der Waals surface area contributed by atoms with Crippen molar-refractivity contribution in [2.45, 2.75) is 71.4 Å². The van der Waals surface area contributed by atoms with Gasteiger partial charge in [0.15, 0.2) is 0 Å². The fraction of sp³-hybridized carbons (Fsp3) is 0.778. The number of carbonyl (C=O) groups excluding carboxylic acids is 2. The number of aliphatic hydroxyl groups is 1. The van der Waals surface area contributed by atoms with Crippen LogP contribution in [-0.4, -0.2) is 47.1 Å². The summed E-state index contributed by atoms with van der Waals surface area (Å²) >= 11 is 0. The quantitative estimate of drug-likeness (QED) is 0.638. The number of amides is 2. The average Bonchev–Trinajstić information content (AvgIpc) is 2.54. The van der Waals surface area contributed by atoms with E-state index in [9.17, 15) is 14.7 Å². The van der Waals surface area contributed by atoms with Gasteiger partial charge in [-0.3, -0.25) is 19.8 Å². The number of nitrogens with zero attached hydrogens (tertiary/aromatic N) is 1. The van der Waals surface area contributed by atoms with Crippen LogP contribution in [0.15, 0.2) is 11.8 Å². The molecule has 138 valence electrons. The van der Waals surface area contributed by atoms with Crippen molar-refractivity contribution in [3.05, 3.63) is 11.8 Å². The van der Waals surface area contributed by atoms with Gasteiger partial charge in [0, 0.05) is 23.2 Å². The molecule has 0 spiro atoms. The van der Waals surface area contributed by atoms with Crippen LogP contribution in [0.2, 0.25) is 0 Å². The second-order valence-corrected chi connectivity index (χ2v) is 7.92. The van der Waals surface area contributed by atoms with Crippen molar-refractivity contribution < 1.29 is 14.7 Å². The van der Waals surface area contributed by atoms with Crippen LogP contribution < -0.4 is 11.1 Å². The maximum atomic E-state index is 12.6. The predicted octanol–water partition coefficient (Wildman–Crippen LogP) is 1.53. The van der Waals surface area contributed by atoms with Crippen LogP contribution in [0.1, 0.15) is 59.8 Å². The first-order valence-corrected chi connectivity index (χ1v) is 8.69. The SMILES string of the molecule is CN(C1CCCCC1)C(C)(C)C(=O)NC(=O)C=C(N)C(C)(C)CO. The Kier molecular flexibility index (Phi) is 6.98. The molecule has 0 radical (unpaired) electrons. The Balaban J connectivity index is 2.74. The van der Waals surface area contributed by atoms with Crippen LogP contribution >= 0.6 is 0 Å². The molecule has 1 aliphatic carbocycles. The molecule has 1 saturated carbocycles. The number of carbonyl (C=O) groups is 2. The minimum absolute atomic E-state index is 0.174. The molecule has 0 aliphatic heterocycles. The molecule has 1 fully saturated rings. The maximum Gasteiger partial charge on any atom is 0.252 e. The molecule has 1 aliphatic rings. The van der Waals surface area contributed by atoms with E-state index in [-0.39, 0.29) is 18.2 Å². The van der Waals surface area contributed by atoms with Gasteiger partial charge in [-0.1, -0.05) is 33.1 Å². The van der Waals surface area contributed by atoms with E-state index in [1.165, 1.54) is 25.3 Å². The lowest BCUT2D eigenvalue weighted by Gasteiger charge is -2.41. The standard InChI is InChI=1S/C18H33N3O3/c1-17(2,12-22)14(19)11-15(23)20-16(24)18(3,4)21(5)13-9-7-6-8-10-13/h11,13,22H,6-10,12,19H2,1-5H3,(H,20,23,24). The number of nitrogens with one attached hydrogen (secondary N) is 1. The van der Waals surface area contributed by atoms with E-state index in [4.69, 9.17) is 5.73 Å². The van der Waals surface area contributed by atoms with Crippen molar-refractivity contribution in [1.82, 2.24) is 10.2 Å². The highest BCUT2D eigenvalue weighted by Gasteiger charge is 2.37. The Labute approximate surface area is 145 Å².